The number of benzene rings is 8. The predicted octanol–water partition coefficient (Wildman–Crippen LogP) is 13.7. The molecule has 0 bridgehead atoms. The monoisotopic (exact) mass is 629 g/mol. The molecule has 8 aromatic carbocycles. The van der Waals surface area contributed by atoms with Gasteiger partial charge >= 0.3 is 0 Å². The molecule has 1 nitrogen and oxygen atoms in total. The lowest BCUT2D eigenvalue weighted by molar-refractivity contribution is 1.28. The van der Waals surface area contributed by atoms with Gasteiger partial charge in [0.05, 0.1) is 5.69 Å². The summed E-state index contributed by atoms with van der Waals surface area (Å²) in [5.74, 6) is 0. The molecule has 0 radical (unpaired) electrons. The average Bonchev–Trinajstić information content (AvgIpc) is 3.55. The van der Waals surface area contributed by atoms with Crippen molar-refractivity contribution in [1.29, 1.82) is 0 Å². The molecular weight excluding hydrogens is 599 g/mol. The minimum absolute atomic E-state index is 1.11. The summed E-state index contributed by atoms with van der Waals surface area (Å²) < 4.78 is 2.65. The van der Waals surface area contributed by atoms with Gasteiger partial charge in [-0.25, -0.2) is 0 Å². The molecule has 9 aromatic rings. The summed E-state index contributed by atoms with van der Waals surface area (Å²) in [7, 11) is 0. The quantitative estimate of drug-likeness (QED) is 0.177. The highest BCUT2D eigenvalue weighted by molar-refractivity contribution is 7.25. The number of nitrogens with zero attached hydrogens (tertiary/aromatic N) is 1. The summed E-state index contributed by atoms with van der Waals surface area (Å²) in [6.07, 6.45) is 0. The second-order valence-corrected chi connectivity index (χ2v) is 13.2. The van der Waals surface area contributed by atoms with Crippen LogP contribution in [0.25, 0.3) is 64.3 Å². The van der Waals surface area contributed by atoms with Crippen molar-refractivity contribution in [2.24, 2.45) is 0 Å². The highest BCUT2D eigenvalue weighted by atomic mass is 32.1. The van der Waals surface area contributed by atoms with Crippen LogP contribution in [0.2, 0.25) is 0 Å². The fourth-order valence-corrected chi connectivity index (χ4v) is 8.09. The number of thiophene rings is 1. The molecule has 0 aliphatic heterocycles. The molecule has 0 atom stereocenters. The van der Waals surface area contributed by atoms with Crippen LogP contribution in [0.1, 0.15) is 0 Å². The van der Waals surface area contributed by atoms with E-state index in [9.17, 15) is 0 Å². The molecule has 0 saturated carbocycles. The molecule has 0 aliphatic carbocycles. The summed E-state index contributed by atoms with van der Waals surface area (Å²) in [6.45, 7) is 0. The summed E-state index contributed by atoms with van der Waals surface area (Å²) in [6, 6.07) is 68.1. The lowest BCUT2D eigenvalue weighted by Crippen LogP contribution is -2.11. The average molecular weight is 630 g/mol. The lowest BCUT2D eigenvalue weighted by Gasteiger charge is -2.28. The van der Waals surface area contributed by atoms with E-state index in [1.165, 1.54) is 64.3 Å². The first-order chi connectivity index (χ1) is 23.8. The van der Waals surface area contributed by atoms with Crippen LogP contribution in [0.15, 0.2) is 188 Å². The minimum atomic E-state index is 1.11. The Balaban J connectivity index is 1.20. The minimum Gasteiger partial charge on any atom is -0.310 e. The number of hydrogen-bond acceptors (Lipinski definition) is 2. The first-order valence-corrected chi connectivity index (χ1v) is 17.2. The molecule has 2 heteroatoms. The zero-order chi connectivity index (χ0) is 31.9. The van der Waals surface area contributed by atoms with Crippen molar-refractivity contribution in [2.75, 3.05) is 4.90 Å². The highest BCUT2D eigenvalue weighted by Gasteiger charge is 2.18. The molecule has 0 aliphatic rings. The van der Waals surface area contributed by atoms with Crippen LogP contribution in [0, 0.1) is 0 Å². The number of hydrogen-bond donors (Lipinski definition) is 0. The third kappa shape index (κ3) is 5.04. The van der Waals surface area contributed by atoms with E-state index in [0.29, 0.717) is 0 Å². The van der Waals surface area contributed by atoms with E-state index in [2.05, 4.69) is 193 Å². The van der Waals surface area contributed by atoms with E-state index in [4.69, 9.17) is 0 Å². The standard InChI is InChI=1S/C46H31NS/c1-2-13-33(14-3-1)40-18-6-8-21-43(40)47(39-17-10-16-36(31-39)37-25-24-32-12-4-5-15-35(32)30-37)38-28-26-34(27-29-38)41-20-11-23-45-46(41)42-19-7-9-22-44(42)48-45/h1-31H. The number of anilines is 3. The van der Waals surface area contributed by atoms with Crippen molar-refractivity contribution in [3.8, 4) is 33.4 Å². The van der Waals surface area contributed by atoms with Crippen LogP contribution >= 0.6 is 11.3 Å². The van der Waals surface area contributed by atoms with Crippen molar-refractivity contribution < 1.29 is 0 Å². The summed E-state index contributed by atoms with van der Waals surface area (Å²) in [5.41, 5.74) is 10.6. The smallest absolute Gasteiger partial charge is 0.0540 e. The Morgan fingerprint density at radius 2 is 0.979 bits per heavy atom. The zero-order valence-electron chi connectivity index (χ0n) is 26.3. The van der Waals surface area contributed by atoms with E-state index < -0.39 is 0 Å². The molecule has 0 N–H and O–H groups in total. The molecule has 9 rings (SSSR count). The van der Waals surface area contributed by atoms with Crippen LogP contribution in [0.5, 0.6) is 0 Å². The van der Waals surface area contributed by atoms with Gasteiger partial charge < -0.3 is 4.90 Å². The molecule has 226 valence electrons. The fraction of sp³-hybridized carbons (Fsp3) is 0. The van der Waals surface area contributed by atoms with Crippen molar-refractivity contribution in [1.82, 2.24) is 0 Å². The Morgan fingerprint density at radius 1 is 0.354 bits per heavy atom. The van der Waals surface area contributed by atoms with Gasteiger partial charge in [0, 0.05) is 37.1 Å². The van der Waals surface area contributed by atoms with E-state index in [-0.39, 0.29) is 0 Å². The van der Waals surface area contributed by atoms with Gasteiger partial charge in [0.15, 0.2) is 0 Å². The molecular formula is C46H31NS. The summed E-state index contributed by atoms with van der Waals surface area (Å²) in [5, 5.41) is 5.15. The summed E-state index contributed by atoms with van der Waals surface area (Å²) >= 11 is 1.86. The Hall–Kier alpha value is -5.96. The second-order valence-electron chi connectivity index (χ2n) is 12.2. The summed E-state index contributed by atoms with van der Waals surface area (Å²) in [4.78, 5) is 2.40. The number of para-hydroxylation sites is 1. The van der Waals surface area contributed by atoms with E-state index in [1.54, 1.807) is 0 Å². The van der Waals surface area contributed by atoms with Crippen LogP contribution in [-0.4, -0.2) is 0 Å². The maximum Gasteiger partial charge on any atom is 0.0540 e. The largest absolute Gasteiger partial charge is 0.310 e. The van der Waals surface area contributed by atoms with Crippen molar-refractivity contribution in [2.45, 2.75) is 0 Å². The Labute approximate surface area is 284 Å². The molecule has 48 heavy (non-hydrogen) atoms. The molecule has 0 unspecified atom stereocenters. The number of fused-ring (bicyclic) bond motifs is 4. The molecule has 0 fully saturated rings. The number of rotatable bonds is 6. The molecule has 0 amide bonds. The van der Waals surface area contributed by atoms with Gasteiger partial charge in [-0.15, -0.1) is 11.3 Å². The van der Waals surface area contributed by atoms with Crippen molar-refractivity contribution in [3.63, 3.8) is 0 Å². The van der Waals surface area contributed by atoms with Crippen LogP contribution in [0.4, 0.5) is 17.1 Å². The first-order valence-electron chi connectivity index (χ1n) is 16.3. The van der Waals surface area contributed by atoms with Crippen molar-refractivity contribution in [3.05, 3.63) is 188 Å². The predicted molar refractivity (Wildman–Crippen MR) is 208 cm³/mol. The normalized spacial score (nSPS) is 11.3. The fourth-order valence-electron chi connectivity index (χ4n) is 6.96. The van der Waals surface area contributed by atoms with Crippen molar-refractivity contribution >= 4 is 59.3 Å². The van der Waals surface area contributed by atoms with Gasteiger partial charge in [-0.3, -0.25) is 0 Å². The molecule has 1 heterocycles. The molecule has 1 aromatic heterocycles. The second kappa shape index (κ2) is 12.0. The van der Waals surface area contributed by atoms with Crippen LogP contribution in [-0.2, 0) is 0 Å². The third-order valence-corrected chi connectivity index (χ3v) is 10.4. The van der Waals surface area contributed by atoms with E-state index in [0.717, 1.165) is 17.1 Å². The van der Waals surface area contributed by atoms with Crippen LogP contribution < -0.4 is 4.90 Å². The zero-order valence-corrected chi connectivity index (χ0v) is 27.1. The Bertz CT molecular complexity index is 2560. The highest BCUT2D eigenvalue weighted by Crippen LogP contribution is 2.44. The lowest BCUT2D eigenvalue weighted by atomic mass is 9.98. The van der Waals surface area contributed by atoms with Gasteiger partial charge in [0.25, 0.3) is 0 Å². The first kappa shape index (κ1) is 28.3. The Kier molecular flexibility index (Phi) is 7.07. The van der Waals surface area contributed by atoms with E-state index in [1.807, 2.05) is 11.3 Å². The van der Waals surface area contributed by atoms with E-state index >= 15 is 0 Å². The maximum absolute atomic E-state index is 2.40. The van der Waals surface area contributed by atoms with Crippen LogP contribution in [0.3, 0.4) is 0 Å². The van der Waals surface area contributed by atoms with Gasteiger partial charge in [0.2, 0.25) is 0 Å². The van der Waals surface area contributed by atoms with Gasteiger partial charge in [-0.1, -0.05) is 140 Å². The van der Waals surface area contributed by atoms with Gasteiger partial charge in [-0.05, 0) is 87.1 Å². The molecule has 0 spiro atoms. The van der Waals surface area contributed by atoms with Gasteiger partial charge in [-0.2, -0.15) is 0 Å². The molecule has 0 saturated heterocycles. The SMILES string of the molecule is c1ccc(-c2ccccc2N(c2ccc(-c3cccc4sc5ccccc5c34)cc2)c2cccc(-c3ccc4ccccc4c3)c2)cc1. The topological polar surface area (TPSA) is 3.24 Å². The van der Waals surface area contributed by atoms with Gasteiger partial charge in [0.1, 0.15) is 0 Å². The Morgan fingerprint density at radius 3 is 1.88 bits per heavy atom. The third-order valence-electron chi connectivity index (χ3n) is 9.26. The maximum atomic E-state index is 2.40.